The van der Waals surface area contributed by atoms with Gasteiger partial charge in [-0.1, -0.05) is 19.8 Å². The fourth-order valence-electron chi connectivity index (χ4n) is 0.499. The molecule has 0 spiro atoms. The molecule has 0 aromatic carbocycles. The van der Waals surface area contributed by atoms with E-state index >= 15 is 0 Å². The summed E-state index contributed by atoms with van der Waals surface area (Å²) in [6.07, 6.45) is 5.35. The molecule has 2 nitrogen and oxygen atoms in total. The molecular formula is C6H12O2S. The Kier molecular flexibility index (Phi) is 3.86. The molecule has 0 aliphatic rings. The van der Waals surface area contributed by atoms with Gasteiger partial charge < -0.3 is 0 Å². The van der Waals surface area contributed by atoms with Gasteiger partial charge in [0.15, 0.2) is 9.84 Å². The second-order valence-corrected chi connectivity index (χ2v) is 3.90. The Labute approximate surface area is 57.2 Å². The van der Waals surface area contributed by atoms with Crippen molar-refractivity contribution < 1.29 is 8.42 Å². The van der Waals surface area contributed by atoms with Gasteiger partial charge in [0.05, 0.1) is 12.0 Å². The Morgan fingerprint density at radius 2 is 1.78 bits per heavy atom. The molecule has 0 rings (SSSR count). The van der Waals surface area contributed by atoms with E-state index in [0.29, 0.717) is 6.42 Å². The minimum Gasteiger partial charge on any atom is -0.229 e. The van der Waals surface area contributed by atoms with E-state index in [4.69, 9.17) is 0 Å². The van der Waals surface area contributed by atoms with Crippen molar-refractivity contribution >= 4 is 9.84 Å². The van der Waals surface area contributed by atoms with Crippen molar-refractivity contribution in [3.8, 4) is 0 Å². The molecule has 54 valence electrons. The molecular weight excluding hydrogens is 136 g/mol. The normalized spacial score (nSPS) is 11.8. The van der Waals surface area contributed by atoms with Gasteiger partial charge in [-0.25, -0.2) is 8.42 Å². The van der Waals surface area contributed by atoms with Gasteiger partial charge in [0.25, 0.3) is 0 Å². The van der Waals surface area contributed by atoms with Crippen LogP contribution in [0.15, 0.2) is 0 Å². The molecule has 0 aromatic heterocycles. The van der Waals surface area contributed by atoms with Crippen molar-refractivity contribution in [2.24, 2.45) is 0 Å². The van der Waals surface area contributed by atoms with E-state index in [9.17, 15) is 8.42 Å². The lowest BCUT2D eigenvalue weighted by molar-refractivity contribution is 0.600. The molecule has 3 heteroatoms. The highest BCUT2D eigenvalue weighted by Crippen LogP contribution is 1.97. The first-order valence-corrected chi connectivity index (χ1v) is 4.73. The van der Waals surface area contributed by atoms with Crippen LogP contribution in [0, 0.1) is 13.2 Å². The van der Waals surface area contributed by atoms with Crippen molar-refractivity contribution in [3.63, 3.8) is 0 Å². The van der Waals surface area contributed by atoms with Gasteiger partial charge in [0.2, 0.25) is 0 Å². The Bertz CT molecular complexity index is 146. The maximum absolute atomic E-state index is 10.4. The predicted octanol–water partition coefficient (Wildman–Crippen LogP) is 1.20. The maximum Gasteiger partial charge on any atom is 0.151 e. The van der Waals surface area contributed by atoms with E-state index in [1.165, 1.54) is 0 Å². The first kappa shape index (κ1) is 8.95. The summed E-state index contributed by atoms with van der Waals surface area (Å²) in [7, 11) is -2.97. The van der Waals surface area contributed by atoms with Crippen LogP contribution in [0.1, 0.15) is 19.3 Å². The minimum atomic E-state index is -2.97. The van der Waals surface area contributed by atoms with Crippen molar-refractivity contribution in [2.45, 2.75) is 19.3 Å². The van der Waals surface area contributed by atoms with Crippen LogP contribution in [0.4, 0.5) is 0 Å². The largest absolute Gasteiger partial charge is 0.229 e. The summed E-state index contributed by atoms with van der Waals surface area (Å²) in [4.78, 5) is 0. The highest BCUT2D eigenvalue weighted by Gasteiger charge is 1.99. The van der Waals surface area contributed by atoms with Gasteiger partial charge in [-0.15, -0.1) is 0 Å². The van der Waals surface area contributed by atoms with E-state index in [1.807, 2.05) is 0 Å². The van der Waals surface area contributed by atoms with Gasteiger partial charge in [-0.2, -0.15) is 0 Å². The monoisotopic (exact) mass is 148 g/mol. The second-order valence-electron chi connectivity index (χ2n) is 2.01. The molecule has 0 bridgehead atoms. The summed E-state index contributed by atoms with van der Waals surface area (Å²) < 4.78 is 20.7. The number of sulfone groups is 1. The van der Waals surface area contributed by atoms with Gasteiger partial charge in [-0.3, -0.25) is 0 Å². The zero-order valence-corrected chi connectivity index (χ0v) is 6.28. The Hall–Kier alpha value is -0.0500. The number of hydrogen-bond acceptors (Lipinski definition) is 2. The van der Waals surface area contributed by atoms with Gasteiger partial charge in [0.1, 0.15) is 0 Å². The predicted molar refractivity (Wildman–Crippen MR) is 38.4 cm³/mol. The Morgan fingerprint density at radius 1 is 1.22 bits per heavy atom. The lowest BCUT2D eigenvalue weighted by Gasteiger charge is -1.93. The van der Waals surface area contributed by atoms with Crippen molar-refractivity contribution in [3.05, 3.63) is 13.2 Å². The molecule has 0 unspecified atom stereocenters. The highest BCUT2D eigenvalue weighted by atomic mass is 32.2. The molecule has 0 atom stereocenters. The molecule has 0 fully saturated rings. The molecule has 0 saturated heterocycles. The Morgan fingerprint density at radius 3 is 2.11 bits per heavy atom. The topological polar surface area (TPSA) is 34.1 Å². The van der Waals surface area contributed by atoms with Crippen LogP contribution in [0.5, 0.6) is 0 Å². The zero-order chi connectivity index (χ0) is 7.33. The third-order valence-electron chi connectivity index (χ3n) is 0.955. The van der Waals surface area contributed by atoms with Crippen molar-refractivity contribution in [1.82, 2.24) is 0 Å². The maximum atomic E-state index is 10.4. The SMILES string of the molecule is [CH2]CCCCS([CH2])(=O)=O. The molecule has 0 N–H and O–H groups in total. The van der Waals surface area contributed by atoms with Crippen molar-refractivity contribution in [1.29, 1.82) is 0 Å². The molecule has 0 aliphatic carbocycles. The van der Waals surface area contributed by atoms with Crippen LogP contribution in [-0.2, 0) is 9.84 Å². The molecule has 0 aliphatic heterocycles. The number of unbranched alkanes of at least 4 members (excludes halogenated alkanes) is 2. The van der Waals surface area contributed by atoms with Crippen LogP contribution >= 0.6 is 0 Å². The zero-order valence-electron chi connectivity index (χ0n) is 5.47. The fraction of sp³-hybridized carbons (Fsp3) is 0.667. The average molecular weight is 148 g/mol. The van der Waals surface area contributed by atoms with Crippen LogP contribution < -0.4 is 0 Å². The van der Waals surface area contributed by atoms with E-state index in [-0.39, 0.29) is 5.75 Å². The van der Waals surface area contributed by atoms with Gasteiger partial charge in [0, 0.05) is 0 Å². The highest BCUT2D eigenvalue weighted by molar-refractivity contribution is 7.92. The smallest absolute Gasteiger partial charge is 0.151 e. The van der Waals surface area contributed by atoms with Crippen LogP contribution in [0.2, 0.25) is 0 Å². The molecule has 0 heterocycles. The Balaban J connectivity index is 3.30. The number of rotatable bonds is 4. The quantitative estimate of drug-likeness (QED) is 0.561. The van der Waals surface area contributed by atoms with E-state index < -0.39 is 9.84 Å². The van der Waals surface area contributed by atoms with E-state index in [2.05, 4.69) is 13.2 Å². The minimum absolute atomic E-state index is 0.197. The van der Waals surface area contributed by atoms with Crippen LogP contribution in [0.3, 0.4) is 0 Å². The third-order valence-corrected chi connectivity index (χ3v) is 1.87. The molecule has 9 heavy (non-hydrogen) atoms. The van der Waals surface area contributed by atoms with Gasteiger partial charge in [-0.05, 0) is 6.42 Å². The van der Waals surface area contributed by atoms with Crippen LogP contribution in [-0.4, -0.2) is 14.2 Å². The first-order chi connectivity index (χ1) is 4.06. The second kappa shape index (κ2) is 3.88. The molecule has 2 radical (unpaired) electrons. The summed E-state index contributed by atoms with van der Waals surface area (Å²) in [6.45, 7) is 3.59. The molecule has 0 aromatic rings. The lowest BCUT2D eigenvalue weighted by atomic mass is 10.3. The van der Waals surface area contributed by atoms with E-state index in [1.54, 1.807) is 0 Å². The average Bonchev–Trinajstić information content (AvgIpc) is 1.63. The summed E-state index contributed by atoms with van der Waals surface area (Å²) >= 11 is 0. The third kappa shape index (κ3) is 7.95. The fourth-order valence-corrected chi connectivity index (χ4v) is 1.14. The molecule has 0 saturated carbocycles. The van der Waals surface area contributed by atoms with Crippen molar-refractivity contribution in [2.75, 3.05) is 5.75 Å². The standard InChI is InChI=1S/C6H12O2S/c1-3-4-5-6-9(2,7)8/h1-6H2. The summed E-state index contributed by atoms with van der Waals surface area (Å²) in [6, 6.07) is 0. The first-order valence-electron chi connectivity index (χ1n) is 2.91. The summed E-state index contributed by atoms with van der Waals surface area (Å²) in [5, 5.41) is 0. The lowest BCUT2D eigenvalue weighted by Crippen LogP contribution is -1.99. The summed E-state index contributed by atoms with van der Waals surface area (Å²) in [5.74, 6) is 0.197. The molecule has 0 amide bonds. The van der Waals surface area contributed by atoms with Gasteiger partial charge >= 0.3 is 0 Å². The number of hydrogen-bond donors (Lipinski definition) is 0. The van der Waals surface area contributed by atoms with Crippen LogP contribution in [0.25, 0.3) is 0 Å². The summed E-state index contributed by atoms with van der Waals surface area (Å²) in [5.41, 5.74) is 0. The van der Waals surface area contributed by atoms with E-state index in [0.717, 1.165) is 12.8 Å².